The highest BCUT2D eigenvalue weighted by molar-refractivity contribution is 5.85. The minimum atomic E-state index is 0. The number of nitrogens with one attached hydrogen (secondary N) is 1. The minimum absolute atomic E-state index is 0. The molecule has 2 aromatic rings. The van der Waals surface area contributed by atoms with Gasteiger partial charge >= 0.3 is 0 Å². The largest absolute Gasteiger partial charge is 0.382 e. The molecule has 0 saturated carbocycles. The van der Waals surface area contributed by atoms with Crippen molar-refractivity contribution < 1.29 is 0 Å². The van der Waals surface area contributed by atoms with E-state index in [1.165, 1.54) is 6.33 Å². The van der Waals surface area contributed by atoms with Crippen LogP contribution in [0.1, 0.15) is 6.42 Å². The van der Waals surface area contributed by atoms with Crippen LogP contribution >= 0.6 is 12.4 Å². The molecule has 0 amide bonds. The highest BCUT2D eigenvalue weighted by Gasteiger charge is 2.12. The number of anilines is 2. The van der Waals surface area contributed by atoms with Gasteiger partial charge in [-0.2, -0.15) is 0 Å². The molecule has 1 aliphatic rings. The molecular formula is C12H17ClN6. The van der Waals surface area contributed by atoms with Crippen molar-refractivity contribution in [2.45, 2.75) is 6.42 Å². The first-order valence-corrected chi connectivity index (χ1v) is 6.17. The fourth-order valence-corrected chi connectivity index (χ4v) is 2.20. The lowest BCUT2D eigenvalue weighted by Crippen LogP contribution is -2.28. The average molecular weight is 281 g/mol. The molecule has 0 spiro atoms. The van der Waals surface area contributed by atoms with E-state index in [4.69, 9.17) is 5.73 Å². The van der Waals surface area contributed by atoms with Crippen molar-refractivity contribution in [1.82, 2.24) is 20.3 Å². The average Bonchev–Trinajstić information content (AvgIpc) is 2.68. The summed E-state index contributed by atoms with van der Waals surface area (Å²) in [5.41, 5.74) is 7.32. The number of rotatable bonds is 1. The van der Waals surface area contributed by atoms with Crippen molar-refractivity contribution in [2.24, 2.45) is 0 Å². The standard InChI is InChI=1S/C12H16N6.ClH/c13-12-11-9(15-8-16-12)2-3-10(17-11)18-6-1-4-14-5-7-18;/h2-3,8,14H,1,4-7H2,(H2,13,15,16);1H. The summed E-state index contributed by atoms with van der Waals surface area (Å²) in [4.78, 5) is 15.0. The summed E-state index contributed by atoms with van der Waals surface area (Å²) >= 11 is 0. The maximum absolute atomic E-state index is 5.84. The van der Waals surface area contributed by atoms with Crippen molar-refractivity contribution in [1.29, 1.82) is 0 Å². The van der Waals surface area contributed by atoms with Crippen molar-refractivity contribution in [2.75, 3.05) is 36.8 Å². The van der Waals surface area contributed by atoms with Gasteiger partial charge in [0.05, 0.1) is 5.52 Å². The van der Waals surface area contributed by atoms with Gasteiger partial charge in [-0.05, 0) is 25.1 Å². The number of halogens is 1. The van der Waals surface area contributed by atoms with Crippen LogP contribution in [-0.2, 0) is 0 Å². The van der Waals surface area contributed by atoms with Gasteiger partial charge in [0.15, 0.2) is 5.82 Å². The molecular weight excluding hydrogens is 264 g/mol. The molecule has 3 heterocycles. The predicted octanol–water partition coefficient (Wildman–Crippen LogP) is 0.828. The highest BCUT2D eigenvalue weighted by atomic mass is 35.5. The van der Waals surface area contributed by atoms with Crippen molar-refractivity contribution in [3.8, 4) is 0 Å². The lowest BCUT2D eigenvalue weighted by atomic mass is 10.3. The van der Waals surface area contributed by atoms with E-state index in [9.17, 15) is 0 Å². The Balaban J connectivity index is 0.00000133. The number of hydrogen-bond acceptors (Lipinski definition) is 6. The molecule has 2 aromatic heterocycles. The van der Waals surface area contributed by atoms with E-state index in [1.54, 1.807) is 0 Å². The van der Waals surface area contributed by atoms with E-state index in [1.807, 2.05) is 12.1 Å². The topological polar surface area (TPSA) is 80.0 Å². The number of nitrogens with two attached hydrogens (primary N) is 1. The van der Waals surface area contributed by atoms with Gasteiger partial charge in [-0.3, -0.25) is 0 Å². The van der Waals surface area contributed by atoms with Crippen LogP contribution < -0.4 is 16.0 Å². The third-order valence-corrected chi connectivity index (χ3v) is 3.16. The summed E-state index contributed by atoms with van der Waals surface area (Å²) in [5.74, 6) is 1.39. The van der Waals surface area contributed by atoms with E-state index in [0.717, 1.165) is 43.9 Å². The van der Waals surface area contributed by atoms with E-state index >= 15 is 0 Å². The van der Waals surface area contributed by atoms with Gasteiger partial charge in [0.25, 0.3) is 0 Å². The normalized spacial score (nSPS) is 15.9. The molecule has 3 rings (SSSR count). The van der Waals surface area contributed by atoms with E-state index in [-0.39, 0.29) is 12.4 Å². The molecule has 0 bridgehead atoms. The van der Waals surface area contributed by atoms with Crippen LogP contribution in [0.4, 0.5) is 11.6 Å². The second-order valence-electron chi connectivity index (χ2n) is 4.39. The fourth-order valence-electron chi connectivity index (χ4n) is 2.20. The summed E-state index contributed by atoms with van der Waals surface area (Å²) in [6, 6.07) is 3.95. The Kier molecular flexibility index (Phi) is 4.34. The lowest BCUT2D eigenvalue weighted by Gasteiger charge is -2.21. The summed E-state index contributed by atoms with van der Waals surface area (Å²) < 4.78 is 0. The van der Waals surface area contributed by atoms with Crippen LogP contribution in [0.15, 0.2) is 18.5 Å². The van der Waals surface area contributed by atoms with Crippen molar-refractivity contribution in [3.05, 3.63) is 18.5 Å². The molecule has 1 fully saturated rings. The zero-order valence-corrected chi connectivity index (χ0v) is 11.4. The highest BCUT2D eigenvalue weighted by Crippen LogP contribution is 2.19. The van der Waals surface area contributed by atoms with Gasteiger partial charge < -0.3 is 16.0 Å². The van der Waals surface area contributed by atoms with Gasteiger partial charge in [0, 0.05) is 19.6 Å². The third-order valence-electron chi connectivity index (χ3n) is 3.16. The van der Waals surface area contributed by atoms with E-state index < -0.39 is 0 Å². The van der Waals surface area contributed by atoms with E-state index in [2.05, 4.69) is 25.2 Å². The van der Waals surface area contributed by atoms with Gasteiger partial charge in [0.1, 0.15) is 17.7 Å². The Morgan fingerprint density at radius 3 is 2.95 bits per heavy atom. The molecule has 3 N–H and O–H groups in total. The zero-order valence-electron chi connectivity index (χ0n) is 10.5. The first kappa shape index (κ1) is 13.8. The second kappa shape index (κ2) is 5.99. The summed E-state index contributed by atoms with van der Waals surface area (Å²) in [6.07, 6.45) is 2.59. The molecule has 0 unspecified atom stereocenters. The third kappa shape index (κ3) is 2.85. The van der Waals surface area contributed by atoms with E-state index in [0.29, 0.717) is 11.3 Å². The molecule has 102 valence electrons. The Bertz CT molecular complexity index is 553. The van der Waals surface area contributed by atoms with Crippen LogP contribution in [0, 0.1) is 0 Å². The number of aromatic nitrogens is 3. The van der Waals surface area contributed by atoms with Crippen LogP contribution in [0.2, 0.25) is 0 Å². The molecule has 1 saturated heterocycles. The summed E-state index contributed by atoms with van der Waals surface area (Å²) in [6.45, 7) is 4.03. The Labute approximate surface area is 117 Å². The summed E-state index contributed by atoms with van der Waals surface area (Å²) in [5, 5.41) is 3.38. The Morgan fingerprint density at radius 2 is 2.05 bits per heavy atom. The minimum Gasteiger partial charge on any atom is -0.382 e. The van der Waals surface area contributed by atoms with Crippen LogP contribution in [0.5, 0.6) is 0 Å². The quantitative estimate of drug-likeness (QED) is 0.805. The number of nitrogen functional groups attached to an aromatic ring is 1. The van der Waals surface area contributed by atoms with Crippen molar-refractivity contribution in [3.63, 3.8) is 0 Å². The van der Waals surface area contributed by atoms with Crippen LogP contribution in [0.3, 0.4) is 0 Å². The number of nitrogens with zero attached hydrogens (tertiary/aromatic N) is 4. The smallest absolute Gasteiger partial charge is 0.153 e. The SMILES string of the molecule is Cl.Nc1ncnc2ccc(N3CCCNCC3)nc12. The lowest BCUT2D eigenvalue weighted by molar-refractivity contribution is 0.724. The van der Waals surface area contributed by atoms with Gasteiger partial charge in [-0.1, -0.05) is 0 Å². The molecule has 0 atom stereocenters. The molecule has 7 heteroatoms. The fraction of sp³-hybridized carbons (Fsp3) is 0.417. The maximum atomic E-state index is 5.84. The number of pyridine rings is 1. The molecule has 19 heavy (non-hydrogen) atoms. The monoisotopic (exact) mass is 280 g/mol. The summed E-state index contributed by atoms with van der Waals surface area (Å²) in [7, 11) is 0. The number of fused-ring (bicyclic) bond motifs is 1. The number of hydrogen-bond donors (Lipinski definition) is 2. The van der Waals surface area contributed by atoms with Crippen LogP contribution in [0.25, 0.3) is 11.0 Å². The molecule has 0 aliphatic carbocycles. The molecule has 6 nitrogen and oxygen atoms in total. The maximum Gasteiger partial charge on any atom is 0.153 e. The molecule has 0 aromatic carbocycles. The van der Waals surface area contributed by atoms with Gasteiger partial charge in [-0.15, -0.1) is 12.4 Å². The Morgan fingerprint density at radius 1 is 1.16 bits per heavy atom. The van der Waals surface area contributed by atoms with Gasteiger partial charge in [0.2, 0.25) is 0 Å². The second-order valence-corrected chi connectivity index (χ2v) is 4.39. The van der Waals surface area contributed by atoms with Crippen molar-refractivity contribution >= 4 is 35.1 Å². The first-order chi connectivity index (χ1) is 8.84. The zero-order chi connectivity index (χ0) is 12.4. The molecule has 1 aliphatic heterocycles. The first-order valence-electron chi connectivity index (χ1n) is 6.17. The Hall–Kier alpha value is -1.66. The van der Waals surface area contributed by atoms with Crippen LogP contribution in [-0.4, -0.2) is 41.1 Å². The molecule has 0 radical (unpaired) electrons. The predicted molar refractivity (Wildman–Crippen MR) is 78.7 cm³/mol. The van der Waals surface area contributed by atoms with Gasteiger partial charge in [-0.25, -0.2) is 15.0 Å².